The average molecular weight is 256 g/mol. The van der Waals surface area contributed by atoms with E-state index in [1.807, 2.05) is 0 Å². The van der Waals surface area contributed by atoms with E-state index in [0.717, 1.165) is 12.5 Å². The first-order valence-corrected chi connectivity index (χ1v) is 6.30. The molecule has 1 aliphatic rings. The Hall–Kier alpha value is -1.07. The second-order valence-electron chi connectivity index (χ2n) is 4.70. The van der Waals surface area contributed by atoms with Crippen molar-refractivity contribution in [2.45, 2.75) is 26.2 Å². The first-order chi connectivity index (χ1) is 8.19. The van der Waals surface area contributed by atoms with Crippen LogP contribution < -0.4 is 16.6 Å². The van der Waals surface area contributed by atoms with E-state index in [1.165, 1.54) is 19.3 Å². The van der Waals surface area contributed by atoms with Crippen molar-refractivity contribution in [1.29, 1.82) is 0 Å². The zero-order chi connectivity index (χ0) is 12.3. The molecule has 1 aromatic heterocycles. The van der Waals surface area contributed by atoms with Crippen molar-refractivity contribution in [3.63, 3.8) is 0 Å². The summed E-state index contributed by atoms with van der Waals surface area (Å²) in [5.41, 5.74) is 2.41. The van der Waals surface area contributed by atoms with Crippen molar-refractivity contribution in [1.82, 2.24) is 9.97 Å². The molecule has 0 bridgehead atoms. The number of aromatic nitrogens is 2. The van der Waals surface area contributed by atoms with Gasteiger partial charge < -0.3 is 5.32 Å². The number of halogens is 1. The molecule has 0 spiro atoms. The molecule has 1 aliphatic carbocycles. The molecule has 1 heterocycles. The fraction of sp³-hybridized carbons (Fsp3) is 0.636. The Balaban J connectivity index is 1.94. The average Bonchev–Trinajstić information content (AvgIpc) is 2.74. The standard InChI is InChI=1S/C11H18ClN5/c1-7-2-3-8(4-7)5-14-10-9(12)6-15-11(16-10)17-13/h6-8H,2-5,13H2,1H3,(H2,14,15,16,17). The van der Waals surface area contributed by atoms with Crippen molar-refractivity contribution < 1.29 is 0 Å². The summed E-state index contributed by atoms with van der Waals surface area (Å²) < 4.78 is 0. The van der Waals surface area contributed by atoms with Crippen LogP contribution in [0.15, 0.2) is 6.20 Å². The van der Waals surface area contributed by atoms with Crippen LogP contribution in [-0.4, -0.2) is 16.5 Å². The molecule has 1 saturated carbocycles. The van der Waals surface area contributed by atoms with E-state index in [1.54, 1.807) is 6.20 Å². The fourth-order valence-electron chi connectivity index (χ4n) is 2.31. The SMILES string of the molecule is CC1CCC(CNc2nc(NN)ncc2Cl)C1. The maximum atomic E-state index is 6.01. The Morgan fingerprint density at radius 3 is 3.00 bits per heavy atom. The molecular weight excluding hydrogens is 238 g/mol. The van der Waals surface area contributed by atoms with Gasteiger partial charge in [-0.25, -0.2) is 10.8 Å². The summed E-state index contributed by atoms with van der Waals surface area (Å²) in [6, 6.07) is 0. The van der Waals surface area contributed by atoms with Gasteiger partial charge in [0.25, 0.3) is 0 Å². The Kier molecular flexibility index (Phi) is 4.02. The van der Waals surface area contributed by atoms with E-state index in [0.29, 0.717) is 22.7 Å². The van der Waals surface area contributed by atoms with Gasteiger partial charge in [-0.15, -0.1) is 0 Å². The highest BCUT2D eigenvalue weighted by molar-refractivity contribution is 6.32. The predicted molar refractivity (Wildman–Crippen MR) is 69.8 cm³/mol. The number of nitrogen functional groups attached to an aromatic ring is 1. The third kappa shape index (κ3) is 3.20. The molecule has 1 aromatic rings. The lowest BCUT2D eigenvalue weighted by molar-refractivity contribution is 0.536. The van der Waals surface area contributed by atoms with E-state index in [2.05, 4.69) is 27.6 Å². The highest BCUT2D eigenvalue weighted by Gasteiger charge is 2.21. The van der Waals surface area contributed by atoms with Crippen LogP contribution in [0.1, 0.15) is 26.2 Å². The van der Waals surface area contributed by atoms with Gasteiger partial charge in [-0.3, -0.25) is 5.43 Å². The minimum Gasteiger partial charge on any atom is -0.368 e. The molecule has 0 amide bonds. The first-order valence-electron chi connectivity index (χ1n) is 5.92. The predicted octanol–water partition coefficient (Wildman–Crippen LogP) is 2.26. The normalized spacial score (nSPS) is 23.7. The van der Waals surface area contributed by atoms with Gasteiger partial charge in [0, 0.05) is 6.54 Å². The molecule has 5 nitrogen and oxygen atoms in total. The summed E-state index contributed by atoms with van der Waals surface area (Å²) in [5.74, 6) is 7.83. The number of hydrazine groups is 1. The van der Waals surface area contributed by atoms with Gasteiger partial charge in [-0.2, -0.15) is 4.98 Å². The van der Waals surface area contributed by atoms with Crippen LogP contribution in [-0.2, 0) is 0 Å². The number of nitrogens with two attached hydrogens (primary N) is 1. The summed E-state index contributed by atoms with van der Waals surface area (Å²) in [6.07, 6.45) is 5.42. The molecule has 94 valence electrons. The van der Waals surface area contributed by atoms with Crippen LogP contribution in [0.4, 0.5) is 11.8 Å². The molecule has 2 atom stereocenters. The van der Waals surface area contributed by atoms with Crippen molar-refractivity contribution in [2.75, 3.05) is 17.3 Å². The first kappa shape index (κ1) is 12.4. The third-order valence-electron chi connectivity index (χ3n) is 3.23. The highest BCUT2D eigenvalue weighted by Crippen LogP contribution is 2.30. The van der Waals surface area contributed by atoms with Gasteiger partial charge in [-0.05, 0) is 24.7 Å². The molecule has 0 aromatic carbocycles. The van der Waals surface area contributed by atoms with Crippen molar-refractivity contribution in [2.24, 2.45) is 17.7 Å². The van der Waals surface area contributed by atoms with Gasteiger partial charge in [0.15, 0.2) is 5.82 Å². The number of hydrogen-bond acceptors (Lipinski definition) is 5. The Morgan fingerprint density at radius 2 is 2.35 bits per heavy atom. The molecule has 17 heavy (non-hydrogen) atoms. The molecule has 0 radical (unpaired) electrons. The largest absolute Gasteiger partial charge is 0.368 e. The molecule has 6 heteroatoms. The van der Waals surface area contributed by atoms with Gasteiger partial charge in [-0.1, -0.05) is 24.9 Å². The Bertz CT molecular complexity index is 384. The van der Waals surface area contributed by atoms with Crippen LogP contribution in [0.3, 0.4) is 0 Å². The summed E-state index contributed by atoms with van der Waals surface area (Å²) >= 11 is 6.01. The number of nitrogens with zero attached hydrogens (tertiary/aromatic N) is 2. The molecule has 0 saturated heterocycles. The fourth-order valence-corrected chi connectivity index (χ4v) is 2.47. The highest BCUT2D eigenvalue weighted by atomic mass is 35.5. The Labute approximate surface area is 106 Å². The lowest BCUT2D eigenvalue weighted by atomic mass is 10.1. The Morgan fingerprint density at radius 1 is 1.53 bits per heavy atom. The quantitative estimate of drug-likeness (QED) is 0.568. The maximum Gasteiger partial charge on any atom is 0.239 e. The summed E-state index contributed by atoms with van der Waals surface area (Å²) in [6.45, 7) is 3.21. The van der Waals surface area contributed by atoms with Crippen LogP contribution in [0.2, 0.25) is 5.02 Å². The topological polar surface area (TPSA) is 75.9 Å². The molecule has 1 fully saturated rings. The zero-order valence-electron chi connectivity index (χ0n) is 9.91. The number of hydrogen-bond donors (Lipinski definition) is 3. The van der Waals surface area contributed by atoms with Crippen molar-refractivity contribution in [3.05, 3.63) is 11.2 Å². The smallest absolute Gasteiger partial charge is 0.239 e. The zero-order valence-corrected chi connectivity index (χ0v) is 10.7. The van der Waals surface area contributed by atoms with Crippen LogP contribution >= 0.6 is 11.6 Å². The third-order valence-corrected chi connectivity index (χ3v) is 3.51. The number of nitrogens with one attached hydrogen (secondary N) is 2. The lowest BCUT2D eigenvalue weighted by Gasteiger charge is -2.13. The number of anilines is 2. The van der Waals surface area contributed by atoms with Gasteiger partial charge in [0.1, 0.15) is 5.02 Å². The summed E-state index contributed by atoms with van der Waals surface area (Å²) in [5, 5.41) is 3.79. The minimum absolute atomic E-state index is 0.372. The van der Waals surface area contributed by atoms with E-state index in [4.69, 9.17) is 17.4 Å². The summed E-state index contributed by atoms with van der Waals surface area (Å²) in [4.78, 5) is 8.11. The maximum absolute atomic E-state index is 6.01. The van der Waals surface area contributed by atoms with Crippen LogP contribution in [0.25, 0.3) is 0 Å². The summed E-state index contributed by atoms with van der Waals surface area (Å²) in [7, 11) is 0. The van der Waals surface area contributed by atoms with E-state index in [-0.39, 0.29) is 0 Å². The second kappa shape index (κ2) is 5.51. The van der Waals surface area contributed by atoms with Gasteiger partial charge in [0.2, 0.25) is 5.95 Å². The van der Waals surface area contributed by atoms with Gasteiger partial charge >= 0.3 is 0 Å². The molecule has 4 N–H and O–H groups in total. The van der Waals surface area contributed by atoms with E-state index in [9.17, 15) is 0 Å². The lowest BCUT2D eigenvalue weighted by Crippen LogP contribution is -2.15. The van der Waals surface area contributed by atoms with Crippen molar-refractivity contribution in [3.8, 4) is 0 Å². The molecule has 2 rings (SSSR count). The monoisotopic (exact) mass is 255 g/mol. The minimum atomic E-state index is 0.372. The second-order valence-corrected chi connectivity index (χ2v) is 5.11. The van der Waals surface area contributed by atoms with Crippen LogP contribution in [0.5, 0.6) is 0 Å². The molecule has 2 unspecified atom stereocenters. The van der Waals surface area contributed by atoms with E-state index < -0.39 is 0 Å². The number of rotatable bonds is 4. The van der Waals surface area contributed by atoms with Crippen LogP contribution in [0, 0.1) is 11.8 Å². The van der Waals surface area contributed by atoms with Crippen molar-refractivity contribution >= 4 is 23.4 Å². The van der Waals surface area contributed by atoms with E-state index >= 15 is 0 Å². The van der Waals surface area contributed by atoms with Gasteiger partial charge in [0.05, 0.1) is 6.20 Å². The molecule has 0 aliphatic heterocycles. The molecular formula is C11H18ClN5.